The van der Waals surface area contributed by atoms with E-state index in [1.165, 1.54) is 16.2 Å². The molecule has 0 aromatic carbocycles. The van der Waals surface area contributed by atoms with Gasteiger partial charge in [0, 0.05) is 17.4 Å². The minimum absolute atomic E-state index is 0.167. The standard InChI is InChI=1S/C17H17I3N4O2S/c1-9-6-12(7-10(2)21-9)24(8-25)16-23-13(14(27-16)17(18,19)20)15(26)22-11-4-3-5-11/h6-8,11H,3-5H2,1-2H3,(H,22,26). The number of anilines is 2. The molecule has 2 amide bonds. The van der Waals surface area contributed by atoms with Gasteiger partial charge < -0.3 is 5.32 Å². The van der Waals surface area contributed by atoms with Crippen LogP contribution in [-0.2, 0) is 4.23 Å². The fourth-order valence-electron chi connectivity index (χ4n) is 2.73. The number of carbonyl (C=O) groups excluding carboxylic acids is 2. The zero-order valence-electron chi connectivity index (χ0n) is 14.6. The molecular formula is C17H17I3N4O2S. The molecule has 27 heavy (non-hydrogen) atoms. The van der Waals surface area contributed by atoms with E-state index < -0.39 is 0 Å². The van der Waals surface area contributed by atoms with Gasteiger partial charge in [-0.3, -0.25) is 19.5 Å². The molecule has 2 heterocycles. The van der Waals surface area contributed by atoms with Crippen molar-refractivity contribution in [1.82, 2.24) is 15.3 Å². The molecule has 3 rings (SSSR count). The van der Waals surface area contributed by atoms with Crippen LogP contribution in [0.5, 0.6) is 0 Å². The summed E-state index contributed by atoms with van der Waals surface area (Å²) in [5, 5.41) is 3.54. The van der Waals surface area contributed by atoms with Crippen molar-refractivity contribution in [2.45, 2.75) is 38.6 Å². The lowest BCUT2D eigenvalue weighted by Gasteiger charge is -2.26. The number of amides is 2. The molecule has 0 spiro atoms. The van der Waals surface area contributed by atoms with Gasteiger partial charge in [-0.2, -0.15) is 0 Å². The first-order valence-corrected chi connectivity index (χ1v) is 12.3. The molecule has 1 aliphatic rings. The summed E-state index contributed by atoms with van der Waals surface area (Å²) in [4.78, 5) is 35.9. The van der Waals surface area contributed by atoms with Gasteiger partial charge in [-0.15, -0.1) is 0 Å². The lowest BCUT2D eigenvalue weighted by molar-refractivity contribution is -0.106. The molecule has 0 aliphatic heterocycles. The average Bonchev–Trinajstić information content (AvgIpc) is 2.96. The molecule has 144 valence electrons. The van der Waals surface area contributed by atoms with E-state index in [1.54, 1.807) is 0 Å². The fourth-order valence-corrected chi connectivity index (χ4v) is 5.41. The zero-order valence-corrected chi connectivity index (χ0v) is 21.9. The van der Waals surface area contributed by atoms with Crippen LogP contribution in [0.1, 0.15) is 46.0 Å². The molecule has 0 radical (unpaired) electrons. The molecule has 1 aliphatic carbocycles. The van der Waals surface area contributed by atoms with Crippen molar-refractivity contribution in [2.75, 3.05) is 4.90 Å². The molecule has 1 fully saturated rings. The third-order valence-electron chi connectivity index (χ3n) is 4.18. The number of aryl methyl sites for hydroxylation is 2. The Morgan fingerprint density at radius 3 is 2.37 bits per heavy atom. The average molecular weight is 722 g/mol. The van der Waals surface area contributed by atoms with E-state index in [2.05, 4.69) is 83.1 Å². The second-order valence-electron chi connectivity index (χ2n) is 6.36. The Morgan fingerprint density at radius 2 is 1.89 bits per heavy atom. The van der Waals surface area contributed by atoms with Gasteiger partial charge in [-0.25, -0.2) is 4.98 Å². The Kier molecular flexibility index (Phi) is 6.99. The Bertz CT molecular complexity index is 857. The van der Waals surface area contributed by atoms with Crippen LogP contribution >= 0.6 is 79.1 Å². The lowest BCUT2D eigenvalue weighted by atomic mass is 9.93. The largest absolute Gasteiger partial charge is 0.348 e. The van der Waals surface area contributed by atoms with Gasteiger partial charge in [0.25, 0.3) is 5.91 Å². The summed E-state index contributed by atoms with van der Waals surface area (Å²) in [6.45, 7) is 3.77. The van der Waals surface area contributed by atoms with Crippen molar-refractivity contribution in [1.29, 1.82) is 0 Å². The van der Waals surface area contributed by atoms with E-state index in [1.807, 2.05) is 26.0 Å². The maximum Gasteiger partial charge on any atom is 0.271 e. The predicted octanol–water partition coefficient (Wildman–Crippen LogP) is 5.15. The summed E-state index contributed by atoms with van der Waals surface area (Å²) in [7, 11) is 0. The summed E-state index contributed by atoms with van der Waals surface area (Å²) in [5.41, 5.74) is 2.74. The molecule has 0 atom stereocenters. The first-order valence-electron chi connectivity index (χ1n) is 8.27. The van der Waals surface area contributed by atoms with E-state index in [-0.39, 0.29) is 11.4 Å². The monoisotopic (exact) mass is 722 g/mol. The predicted molar refractivity (Wildman–Crippen MR) is 133 cm³/mol. The van der Waals surface area contributed by atoms with Crippen LogP contribution in [0.15, 0.2) is 12.1 Å². The van der Waals surface area contributed by atoms with Crippen LogP contribution < -0.4 is 10.2 Å². The van der Waals surface area contributed by atoms with Crippen molar-refractivity contribution >= 4 is 102 Å². The molecule has 10 heteroatoms. The second kappa shape index (κ2) is 8.73. The minimum atomic E-state index is -0.339. The van der Waals surface area contributed by atoms with Crippen molar-refractivity contribution < 1.29 is 9.59 Å². The first-order chi connectivity index (χ1) is 12.7. The van der Waals surface area contributed by atoms with Gasteiger partial charge in [-0.1, -0.05) is 11.3 Å². The first kappa shape index (κ1) is 21.6. The molecule has 6 nitrogen and oxygen atoms in total. The number of pyridine rings is 1. The Balaban J connectivity index is 2.01. The van der Waals surface area contributed by atoms with Crippen LogP contribution in [0.4, 0.5) is 10.8 Å². The maximum atomic E-state index is 12.8. The normalized spacial score (nSPS) is 14.6. The topological polar surface area (TPSA) is 75.2 Å². The van der Waals surface area contributed by atoms with Crippen LogP contribution in [0, 0.1) is 13.8 Å². The summed E-state index contributed by atoms with van der Waals surface area (Å²) >= 11 is 8.20. The van der Waals surface area contributed by atoms with Crippen molar-refractivity contribution in [3.8, 4) is 0 Å². The van der Waals surface area contributed by atoms with Crippen molar-refractivity contribution in [3.05, 3.63) is 34.1 Å². The quantitative estimate of drug-likeness (QED) is 0.255. The van der Waals surface area contributed by atoms with E-state index in [9.17, 15) is 9.59 Å². The second-order valence-corrected chi connectivity index (χ2v) is 18.4. The van der Waals surface area contributed by atoms with Crippen molar-refractivity contribution in [3.63, 3.8) is 0 Å². The number of alkyl halides is 3. The lowest BCUT2D eigenvalue weighted by Crippen LogP contribution is -2.40. The van der Waals surface area contributed by atoms with E-state index in [0.717, 1.165) is 41.9 Å². The van der Waals surface area contributed by atoms with Gasteiger partial charge >= 0.3 is 0 Å². The van der Waals surface area contributed by atoms with Crippen LogP contribution in [0.3, 0.4) is 0 Å². The molecule has 1 saturated carbocycles. The van der Waals surface area contributed by atoms with Gasteiger partial charge in [0.15, 0.2) is 4.57 Å². The van der Waals surface area contributed by atoms with Crippen LogP contribution in [-0.4, -0.2) is 28.3 Å². The third kappa shape index (κ3) is 5.10. The molecule has 0 bridgehead atoms. The van der Waals surface area contributed by atoms with Gasteiger partial charge in [-0.05, 0) is 113 Å². The number of hydrogen-bond acceptors (Lipinski definition) is 5. The molecule has 1 N–H and O–H groups in total. The Morgan fingerprint density at radius 1 is 1.26 bits per heavy atom. The highest BCUT2D eigenvalue weighted by Gasteiger charge is 2.34. The Hall–Kier alpha value is -0.0900. The molecule has 2 aromatic heterocycles. The summed E-state index contributed by atoms with van der Waals surface area (Å²) in [6.07, 6.45) is 3.91. The summed E-state index contributed by atoms with van der Waals surface area (Å²) in [6, 6.07) is 3.90. The van der Waals surface area contributed by atoms with E-state index >= 15 is 0 Å². The number of hydrogen-bond donors (Lipinski definition) is 1. The molecule has 0 saturated heterocycles. The smallest absolute Gasteiger partial charge is 0.271 e. The van der Waals surface area contributed by atoms with Gasteiger partial charge in [0.2, 0.25) is 6.41 Å². The number of rotatable bonds is 6. The highest BCUT2D eigenvalue weighted by Crippen LogP contribution is 2.51. The number of carbonyl (C=O) groups is 2. The van der Waals surface area contributed by atoms with Crippen LogP contribution in [0.25, 0.3) is 0 Å². The van der Waals surface area contributed by atoms with Gasteiger partial charge in [0.1, 0.15) is 5.69 Å². The molecule has 0 unspecified atom stereocenters. The van der Waals surface area contributed by atoms with Crippen LogP contribution in [0.2, 0.25) is 0 Å². The third-order valence-corrected chi connectivity index (χ3v) is 8.08. The number of halogens is 3. The van der Waals surface area contributed by atoms with Gasteiger partial charge in [0.05, 0.1) is 10.6 Å². The zero-order chi connectivity index (χ0) is 19.8. The highest BCUT2D eigenvalue weighted by atomic mass is 127. The molecule has 2 aromatic rings. The minimum Gasteiger partial charge on any atom is -0.348 e. The number of aromatic nitrogens is 2. The number of thiazole rings is 1. The maximum absolute atomic E-state index is 12.8. The number of nitrogens with one attached hydrogen (secondary N) is 1. The highest BCUT2D eigenvalue weighted by molar-refractivity contribution is 14.3. The van der Waals surface area contributed by atoms with Crippen molar-refractivity contribution in [2.24, 2.45) is 0 Å². The summed E-state index contributed by atoms with van der Waals surface area (Å²) < 4.78 is -0.339. The molecular weight excluding hydrogens is 705 g/mol. The number of nitrogens with zero attached hydrogens (tertiary/aromatic N) is 3. The SMILES string of the molecule is Cc1cc(N(C=O)c2nc(C(=O)NC3CCC3)c(C(I)(I)I)s2)cc(C)n1. The van der Waals surface area contributed by atoms with E-state index in [0.29, 0.717) is 16.5 Å². The Labute approximate surface area is 202 Å². The van der Waals surface area contributed by atoms with E-state index in [4.69, 9.17) is 0 Å². The fraction of sp³-hybridized carbons (Fsp3) is 0.412. The summed E-state index contributed by atoms with van der Waals surface area (Å²) in [5.74, 6) is -0.167.